The number of carboxylic acid groups (broad SMARTS) is 1. The molecule has 0 bridgehead atoms. The molecule has 0 fully saturated rings. The van der Waals surface area contributed by atoms with E-state index in [9.17, 15) is 9.59 Å². The lowest BCUT2D eigenvalue weighted by Crippen LogP contribution is -2.32. The Kier molecular flexibility index (Phi) is 4.23. The quantitative estimate of drug-likeness (QED) is 0.912. The van der Waals surface area contributed by atoms with Gasteiger partial charge in [0, 0.05) is 11.9 Å². The third-order valence-electron chi connectivity index (χ3n) is 3.04. The molecule has 2 aromatic rings. The van der Waals surface area contributed by atoms with Gasteiger partial charge in [-0.1, -0.05) is 12.1 Å². The Morgan fingerprint density at radius 2 is 1.95 bits per heavy atom. The zero-order valence-corrected chi connectivity index (χ0v) is 12.7. The van der Waals surface area contributed by atoms with Crippen LogP contribution in [0.25, 0.3) is 0 Å². The Balaban J connectivity index is 2.21. The number of hydrogen-bond donors (Lipinski definition) is 2. The predicted octanol–water partition coefficient (Wildman–Crippen LogP) is 3.13. The van der Waals surface area contributed by atoms with E-state index in [0.717, 1.165) is 10.6 Å². The number of hydrogen-bond acceptors (Lipinski definition) is 4. The molecule has 1 aromatic carbocycles. The Morgan fingerprint density at radius 3 is 2.52 bits per heavy atom. The molecule has 0 unspecified atom stereocenters. The average molecular weight is 305 g/mol. The standard InChI is InChI=1S/C14H15N3O3S/c1-8-9(2)21-13(15-8)16-14(20)17(3)11-7-5-4-6-10(11)12(18)19/h4-7H,1-3H3,(H,18,19)(H,15,16,20). The molecule has 110 valence electrons. The highest BCUT2D eigenvalue weighted by Gasteiger charge is 2.18. The number of para-hydroxylation sites is 1. The van der Waals surface area contributed by atoms with Gasteiger partial charge < -0.3 is 5.11 Å². The number of anilines is 2. The van der Waals surface area contributed by atoms with Gasteiger partial charge in [0.2, 0.25) is 0 Å². The average Bonchev–Trinajstić information content (AvgIpc) is 2.76. The van der Waals surface area contributed by atoms with Gasteiger partial charge in [0.25, 0.3) is 0 Å². The van der Waals surface area contributed by atoms with Crippen molar-refractivity contribution in [1.29, 1.82) is 0 Å². The van der Waals surface area contributed by atoms with Crippen molar-refractivity contribution in [2.45, 2.75) is 13.8 Å². The van der Waals surface area contributed by atoms with Crippen LogP contribution in [-0.4, -0.2) is 29.1 Å². The van der Waals surface area contributed by atoms with Crippen LogP contribution in [0.15, 0.2) is 24.3 Å². The Morgan fingerprint density at radius 1 is 1.29 bits per heavy atom. The van der Waals surface area contributed by atoms with Crippen molar-refractivity contribution in [2.24, 2.45) is 0 Å². The number of carbonyl (C=O) groups excluding carboxylic acids is 1. The normalized spacial score (nSPS) is 10.2. The summed E-state index contributed by atoms with van der Waals surface area (Å²) >= 11 is 1.38. The lowest BCUT2D eigenvalue weighted by atomic mass is 10.1. The van der Waals surface area contributed by atoms with Crippen molar-refractivity contribution in [3.8, 4) is 0 Å². The van der Waals surface area contributed by atoms with Gasteiger partial charge in [0.05, 0.1) is 16.9 Å². The van der Waals surface area contributed by atoms with Gasteiger partial charge in [0.15, 0.2) is 5.13 Å². The summed E-state index contributed by atoms with van der Waals surface area (Å²) in [6, 6.07) is 5.91. The number of carbonyl (C=O) groups is 2. The zero-order valence-electron chi connectivity index (χ0n) is 11.9. The maximum absolute atomic E-state index is 12.2. The SMILES string of the molecule is Cc1nc(NC(=O)N(C)c2ccccc2C(=O)O)sc1C. The number of rotatable bonds is 3. The van der Waals surface area contributed by atoms with Crippen LogP contribution in [0.5, 0.6) is 0 Å². The Hall–Kier alpha value is -2.41. The topological polar surface area (TPSA) is 82.5 Å². The molecule has 2 rings (SSSR count). The number of thiazole rings is 1. The summed E-state index contributed by atoms with van der Waals surface area (Å²) in [5.74, 6) is -1.08. The molecule has 0 aliphatic carbocycles. The lowest BCUT2D eigenvalue weighted by Gasteiger charge is -2.19. The van der Waals surface area contributed by atoms with E-state index in [-0.39, 0.29) is 5.56 Å². The fourth-order valence-electron chi connectivity index (χ4n) is 1.76. The van der Waals surface area contributed by atoms with Crippen LogP contribution < -0.4 is 10.2 Å². The van der Waals surface area contributed by atoms with E-state index in [1.165, 1.54) is 29.4 Å². The number of amides is 2. The summed E-state index contributed by atoms with van der Waals surface area (Å²) in [5.41, 5.74) is 1.26. The predicted molar refractivity (Wildman–Crippen MR) is 82.4 cm³/mol. The fourth-order valence-corrected chi connectivity index (χ4v) is 2.56. The monoisotopic (exact) mass is 305 g/mol. The molecule has 0 saturated carbocycles. The van der Waals surface area contributed by atoms with Gasteiger partial charge >= 0.3 is 12.0 Å². The van der Waals surface area contributed by atoms with E-state index in [1.807, 2.05) is 13.8 Å². The maximum Gasteiger partial charge on any atom is 0.337 e. The summed E-state index contributed by atoms with van der Waals surface area (Å²) in [7, 11) is 1.52. The van der Waals surface area contributed by atoms with Crippen molar-refractivity contribution in [3.63, 3.8) is 0 Å². The number of aryl methyl sites for hydroxylation is 2. The first kappa shape index (κ1) is 15.0. The highest BCUT2D eigenvalue weighted by molar-refractivity contribution is 7.15. The summed E-state index contributed by atoms with van der Waals surface area (Å²) < 4.78 is 0. The molecule has 1 heterocycles. The molecule has 0 saturated heterocycles. The number of urea groups is 1. The molecule has 6 nitrogen and oxygen atoms in total. The smallest absolute Gasteiger partial charge is 0.337 e. The highest BCUT2D eigenvalue weighted by atomic mass is 32.1. The maximum atomic E-state index is 12.2. The largest absolute Gasteiger partial charge is 0.478 e. The number of nitrogens with one attached hydrogen (secondary N) is 1. The van der Waals surface area contributed by atoms with Gasteiger partial charge in [-0.15, -0.1) is 11.3 Å². The number of aromatic nitrogens is 1. The van der Waals surface area contributed by atoms with Crippen LogP contribution in [0.4, 0.5) is 15.6 Å². The minimum Gasteiger partial charge on any atom is -0.478 e. The van der Waals surface area contributed by atoms with Gasteiger partial charge in [-0.2, -0.15) is 0 Å². The van der Waals surface area contributed by atoms with E-state index in [4.69, 9.17) is 5.11 Å². The van der Waals surface area contributed by atoms with Gasteiger partial charge in [-0.05, 0) is 26.0 Å². The Labute approximate surface area is 126 Å². The molecular formula is C14H15N3O3S. The minimum atomic E-state index is -1.08. The van der Waals surface area contributed by atoms with E-state index in [0.29, 0.717) is 10.8 Å². The van der Waals surface area contributed by atoms with Gasteiger partial charge in [0.1, 0.15) is 0 Å². The van der Waals surface area contributed by atoms with Crippen LogP contribution >= 0.6 is 11.3 Å². The third-order valence-corrected chi connectivity index (χ3v) is 4.03. The first-order chi connectivity index (χ1) is 9.90. The van der Waals surface area contributed by atoms with Crippen LogP contribution in [0.3, 0.4) is 0 Å². The molecular weight excluding hydrogens is 290 g/mol. The zero-order chi connectivity index (χ0) is 15.6. The molecule has 0 atom stereocenters. The van der Waals surface area contributed by atoms with Crippen molar-refractivity contribution >= 4 is 34.2 Å². The second kappa shape index (κ2) is 5.92. The molecule has 0 aliphatic heterocycles. The third kappa shape index (κ3) is 3.19. The fraction of sp³-hybridized carbons (Fsp3) is 0.214. The van der Waals surface area contributed by atoms with E-state index in [2.05, 4.69) is 10.3 Å². The molecule has 7 heteroatoms. The summed E-state index contributed by atoms with van der Waals surface area (Å²) in [6.07, 6.45) is 0. The number of nitrogens with zero attached hydrogens (tertiary/aromatic N) is 2. The molecule has 2 N–H and O–H groups in total. The molecule has 21 heavy (non-hydrogen) atoms. The van der Waals surface area contributed by atoms with Crippen LogP contribution in [-0.2, 0) is 0 Å². The highest BCUT2D eigenvalue weighted by Crippen LogP contribution is 2.23. The second-order valence-corrected chi connectivity index (χ2v) is 5.68. The molecule has 2 amide bonds. The summed E-state index contributed by atoms with van der Waals surface area (Å²) in [5, 5.41) is 12.3. The Bertz CT molecular complexity index is 677. The van der Waals surface area contributed by atoms with Crippen molar-refractivity contribution in [2.75, 3.05) is 17.3 Å². The summed E-state index contributed by atoms with van der Waals surface area (Å²) in [4.78, 5) is 29.9. The minimum absolute atomic E-state index is 0.0710. The van der Waals surface area contributed by atoms with E-state index < -0.39 is 12.0 Å². The van der Waals surface area contributed by atoms with Crippen LogP contribution in [0.1, 0.15) is 20.9 Å². The summed E-state index contributed by atoms with van der Waals surface area (Å²) in [6.45, 7) is 3.79. The molecule has 0 spiro atoms. The van der Waals surface area contributed by atoms with Gasteiger partial charge in [-0.25, -0.2) is 14.6 Å². The number of aromatic carboxylic acids is 1. The van der Waals surface area contributed by atoms with E-state index in [1.54, 1.807) is 18.2 Å². The molecule has 1 aromatic heterocycles. The first-order valence-electron chi connectivity index (χ1n) is 6.21. The lowest BCUT2D eigenvalue weighted by molar-refractivity contribution is 0.0697. The van der Waals surface area contributed by atoms with Crippen LogP contribution in [0.2, 0.25) is 0 Å². The van der Waals surface area contributed by atoms with E-state index >= 15 is 0 Å². The van der Waals surface area contributed by atoms with Crippen LogP contribution in [0, 0.1) is 13.8 Å². The molecule has 0 aliphatic rings. The van der Waals surface area contributed by atoms with Crippen molar-refractivity contribution < 1.29 is 14.7 Å². The number of carboxylic acids is 1. The molecule has 0 radical (unpaired) electrons. The second-order valence-electron chi connectivity index (χ2n) is 4.47. The first-order valence-corrected chi connectivity index (χ1v) is 7.03. The van der Waals surface area contributed by atoms with Crippen molar-refractivity contribution in [1.82, 2.24) is 4.98 Å². The van der Waals surface area contributed by atoms with Gasteiger partial charge in [-0.3, -0.25) is 10.2 Å². The number of benzene rings is 1. The van der Waals surface area contributed by atoms with Crippen molar-refractivity contribution in [3.05, 3.63) is 40.4 Å².